The van der Waals surface area contributed by atoms with Crippen LogP contribution in [0.1, 0.15) is 39.2 Å². The molecule has 0 radical (unpaired) electrons. The molecular weight excluding hydrogens is 354 g/mol. The molecule has 2 saturated heterocycles. The van der Waals surface area contributed by atoms with Gasteiger partial charge in [-0.2, -0.15) is 0 Å². The molecule has 4 rings (SSSR count). The third-order valence-corrected chi connectivity index (χ3v) is 7.76. The lowest BCUT2D eigenvalue weighted by molar-refractivity contribution is -0.131. The van der Waals surface area contributed by atoms with Gasteiger partial charge in [-0.05, 0) is 58.0 Å². The van der Waals surface area contributed by atoms with Crippen molar-refractivity contribution in [1.82, 2.24) is 14.4 Å². The molecule has 0 N–H and O–H groups in total. The van der Waals surface area contributed by atoms with Crippen LogP contribution in [0.15, 0.2) is 30.5 Å². The second-order valence-corrected chi connectivity index (χ2v) is 9.79. The first-order valence-electron chi connectivity index (χ1n) is 9.66. The summed E-state index contributed by atoms with van der Waals surface area (Å²) in [4.78, 5) is 17.5. The first-order valence-corrected chi connectivity index (χ1v) is 10.5. The van der Waals surface area contributed by atoms with E-state index in [2.05, 4.69) is 65.8 Å². The summed E-state index contributed by atoms with van der Waals surface area (Å²) in [5.74, 6) is 0.314. The molecule has 1 aromatic heterocycles. The standard InChI is InChI=1S/C21H29N3OS.CH4/c1-16-24(15-21(26-16)10-12-22(2)13-11-21)20(25)9-8-17-14-23(3)19-7-5-4-6-18(17)19;/h4-7,14,16H,8-13,15H2,1-3H3;1H4. The molecule has 1 spiro atoms. The van der Waals surface area contributed by atoms with Crippen LogP contribution in [0.3, 0.4) is 0 Å². The number of likely N-dealkylation sites (tertiary alicyclic amines) is 1. The van der Waals surface area contributed by atoms with Gasteiger partial charge < -0.3 is 14.4 Å². The minimum atomic E-state index is 0. The van der Waals surface area contributed by atoms with Gasteiger partial charge in [0, 0.05) is 41.9 Å². The van der Waals surface area contributed by atoms with Crippen molar-refractivity contribution in [2.24, 2.45) is 7.05 Å². The molecule has 3 heterocycles. The van der Waals surface area contributed by atoms with Gasteiger partial charge in [-0.1, -0.05) is 25.6 Å². The highest BCUT2D eigenvalue weighted by molar-refractivity contribution is 8.01. The Morgan fingerprint density at radius 2 is 1.93 bits per heavy atom. The van der Waals surface area contributed by atoms with Crippen LogP contribution in [0, 0.1) is 0 Å². The predicted octanol–water partition coefficient (Wildman–Crippen LogP) is 4.13. The van der Waals surface area contributed by atoms with E-state index in [4.69, 9.17) is 0 Å². The normalized spacial score (nSPS) is 22.3. The lowest BCUT2D eigenvalue weighted by atomic mass is 9.95. The highest BCUT2D eigenvalue weighted by Crippen LogP contribution is 2.46. The average Bonchev–Trinajstić information content (AvgIpc) is 3.14. The van der Waals surface area contributed by atoms with E-state index in [9.17, 15) is 4.79 Å². The van der Waals surface area contributed by atoms with Gasteiger partial charge in [-0.15, -0.1) is 11.8 Å². The lowest BCUT2D eigenvalue weighted by Gasteiger charge is -2.36. The molecule has 5 heteroatoms. The van der Waals surface area contributed by atoms with Crippen molar-refractivity contribution >= 4 is 28.6 Å². The van der Waals surface area contributed by atoms with Crippen LogP contribution in [0.2, 0.25) is 0 Å². The highest BCUT2D eigenvalue weighted by Gasteiger charge is 2.45. The second kappa shape index (κ2) is 7.88. The third kappa shape index (κ3) is 3.90. The Balaban J connectivity index is 0.00000210. The molecule has 2 aromatic rings. The smallest absolute Gasteiger partial charge is 0.223 e. The number of hydrogen-bond donors (Lipinski definition) is 0. The number of aromatic nitrogens is 1. The zero-order chi connectivity index (χ0) is 18.3. The van der Waals surface area contributed by atoms with Gasteiger partial charge in [0.15, 0.2) is 0 Å². The number of hydrogen-bond acceptors (Lipinski definition) is 3. The quantitative estimate of drug-likeness (QED) is 0.793. The van der Waals surface area contributed by atoms with Gasteiger partial charge in [0.1, 0.15) is 0 Å². The van der Waals surface area contributed by atoms with Crippen molar-refractivity contribution in [2.75, 3.05) is 26.7 Å². The summed E-state index contributed by atoms with van der Waals surface area (Å²) >= 11 is 2.03. The minimum absolute atomic E-state index is 0. The van der Waals surface area contributed by atoms with E-state index in [1.165, 1.54) is 29.3 Å². The summed E-state index contributed by atoms with van der Waals surface area (Å²) in [5, 5.41) is 1.58. The first kappa shape index (κ1) is 20.3. The molecule has 27 heavy (non-hydrogen) atoms. The van der Waals surface area contributed by atoms with Gasteiger partial charge in [0.05, 0.1) is 5.37 Å². The van der Waals surface area contributed by atoms with E-state index in [1.807, 2.05) is 11.8 Å². The van der Waals surface area contributed by atoms with Gasteiger partial charge >= 0.3 is 0 Å². The fourth-order valence-electron chi connectivity index (χ4n) is 4.50. The van der Waals surface area contributed by atoms with Crippen LogP contribution in [0.4, 0.5) is 0 Å². The summed E-state index contributed by atoms with van der Waals surface area (Å²) in [7, 11) is 4.28. The van der Waals surface area contributed by atoms with E-state index in [0.29, 0.717) is 22.4 Å². The third-order valence-electron chi connectivity index (χ3n) is 6.12. The number of rotatable bonds is 3. The highest BCUT2D eigenvalue weighted by atomic mass is 32.2. The van der Waals surface area contributed by atoms with Crippen molar-refractivity contribution < 1.29 is 4.79 Å². The Labute approximate surface area is 167 Å². The number of nitrogens with zero attached hydrogens (tertiary/aromatic N) is 3. The van der Waals surface area contributed by atoms with Crippen LogP contribution in [-0.4, -0.2) is 57.1 Å². The van der Waals surface area contributed by atoms with Crippen LogP contribution < -0.4 is 0 Å². The Bertz CT molecular complexity index is 807. The molecule has 1 unspecified atom stereocenters. The molecule has 0 bridgehead atoms. The van der Waals surface area contributed by atoms with E-state index in [0.717, 1.165) is 26.1 Å². The monoisotopic (exact) mass is 387 g/mol. The van der Waals surface area contributed by atoms with E-state index < -0.39 is 0 Å². The van der Waals surface area contributed by atoms with Crippen molar-refractivity contribution in [2.45, 2.75) is 50.2 Å². The van der Waals surface area contributed by atoms with Crippen LogP contribution in [0.25, 0.3) is 10.9 Å². The van der Waals surface area contributed by atoms with E-state index >= 15 is 0 Å². The van der Waals surface area contributed by atoms with Crippen molar-refractivity contribution in [1.29, 1.82) is 0 Å². The Kier molecular flexibility index (Phi) is 5.92. The van der Waals surface area contributed by atoms with Gasteiger partial charge in [0.2, 0.25) is 5.91 Å². The average molecular weight is 388 g/mol. The van der Waals surface area contributed by atoms with Crippen molar-refractivity contribution in [3.63, 3.8) is 0 Å². The largest absolute Gasteiger partial charge is 0.350 e. The van der Waals surface area contributed by atoms with E-state index in [-0.39, 0.29) is 7.43 Å². The molecule has 2 aliphatic rings. The zero-order valence-electron chi connectivity index (χ0n) is 16.1. The minimum Gasteiger partial charge on any atom is -0.350 e. The fraction of sp³-hybridized carbons (Fsp3) is 0.591. The van der Waals surface area contributed by atoms with Crippen LogP contribution in [0.5, 0.6) is 0 Å². The SMILES string of the molecule is C.CC1SC2(CCN(C)CC2)CN1C(=O)CCc1cn(C)c2ccccc12. The maximum Gasteiger partial charge on any atom is 0.223 e. The van der Waals surface area contributed by atoms with Crippen LogP contribution in [-0.2, 0) is 18.3 Å². The summed E-state index contributed by atoms with van der Waals surface area (Å²) in [6, 6.07) is 8.46. The Hall–Kier alpha value is -1.46. The number of fused-ring (bicyclic) bond motifs is 1. The second-order valence-electron chi connectivity index (χ2n) is 8.01. The number of aryl methyl sites for hydroxylation is 2. The Morgan fingerprint density at radius 3 is 2.67 bits per heavy atom. The summed E-state index contributed by atoms with van der Waals surface area (Å²) in [6.07, 6.45) is 6.01. The first-order chi connectivity index (χ1) is 12.5. The zero-order valence-corrected chi connectivity index (χ0v) is 16.9. The maximum atomic E-state index is 13.0. The lowest BCUT2D eigenvalue weighted by Crippen LogP contribution is -2.44. The molecule has 0 aliphatic carbocycles. The fourth-order valence-corrected chi connectivity index (χ4v) is 6.18. The topological polar surface area (TPSA) is 28.5 Å². The molecule has 1 aromatic carbocycles. The Morgan fingerprint density at radius 1 is 1.22 bits per heavy atom. The molecule has 148 valence electrons. The molecular formula is C22H33N3OS. The number of carbonyl (C=O) groups is 1. The molecule has 1 atom stereocenters. The number of benzene rings is 1. The number of thioether (sulfide) groups is 1. The number of para-hydroxylation sites is 1. The van der Waals surface area contributed by atoms with Gasteiger partial charge in [-0.25, -0.2) is 0 Å². The molecule has 2 fully saturated rings. The molecule has 2 aliphatic heterocycles. The predicted molar refractivity (Wildman–Crippen MR) is 116 cm³/mol. The molecule has 1 amide bonds. The summed E-state index contributed by atoms with van der Waals surface area (Å²) in [5.41, 5.74) is 2.52. The molecule has 0 saturated carbocycles. The van der Waals surface area contributed by atoms with E-state index in [1.54, 1.807) is 0 Å². The summed E-state index contributed by atoms with van der Waals surface area (Å²) < 4.78 is 2.46. The maximum absolute atomic E-state index is 13.0. The number of piperidine rings is 1. The summed E-state index contributed by atoms with van der Waals surface area (Å²) in [6.45, 7) is 5.43. The molecule has 4 nitrogen and oxygen atoms in total. The number of amides is 1. The van der Waals surface area contributed by atoms with Gasteiger partial charge in [-0.3, -0.25) is 4.79 Å². The van der Waals surface area contributed by atoms with Crippen molar-refractivity contribution in [3.05, 3.63) is 36.0 Å². The van der Waals surface area contributed by atoms with Crippen molar-refractivity contribution in [3.8, 4) is 0 Å². The number of carbonyl (C=O) groups excluding carboxylic acids is 1. The van der Waals surface area contributed by atoms with Gasteiger partial charge in [0.25, 0.3) is 0 Å². The van der Waals surface area contributed by atoms with Crippen LogP contribution >= 0.6 is 11.8 Å².